The van der Waals surface area contributed by atoms with Gasteiger partial charge in [0.25, 0.3) is 0 Å². The van der Waals surface area contributed by atoms with Gasteiger partial charge in [-0.2, -0.15) is 0 Å². The predicted molar refractivity (Wildman–Crippen MR) is 80.0 cm³/mol. The lowest BCUT2D eigenvalue weighted by Gasteiger charge is -2.20. The van der Waals surface area contributed by atoms with Crippen LogP contribution in [0.5, 0.6) is 0 Å². The highest BCUT2D eigenvalue weighted by atomic mass is 16.5. The van der Waals surface area contributed by atoms with Gasteiger partial charge in [0.2, 0.25) is 5.91 Å². The van der Waals surface area contributed by atoms with Gasteiger partial charge in [0, 0.05) is 24.5 Å². The fourth-order valence-electron chi connectivity index (χ4n) is 3.14. The number of hydrogen-bond acceptors (Lipinski definition) is 3. The molecule has 2 atom stereocenters. The summed E-state index contributed by atoms with van der Waals surface area (Å²) in [4.78, 5) is 12.3. The molecule has 1 fully saturated rings. The van der Waals surface area contributed by atoms with Crippen molar-refractivity contribution in [2.24, 2.45) is 5.92 Å². The number of aryl methyl sites for hydroxylation is 1. The summed E-state index contributed by atoms with van der Waals surface area (Å²) in [6.07, 6.45) is 4.03. The molecule has 0 saturated carbocycles. The summed E-state index contributed by atoms with van der Waals surface area (Å²) in [7, 11) is 0. The van der Waals surface area contributed by atoms with Gasteiger partial charge in [-0.3, -0.25) is 4.79 Å². The summed E-state index contributed by atoms with van der Waals surface area (Å²) in [5.74, 6) is 0.0900. The molecule has 0 radical (unpaired) electrons. The van der Waals surface area contributed by atoms with Gasteiger partial charge in [0.05, 0.1) is 12.0 Å². The first-order valence-corrected chi connectivity index (χ1v) is 7.57. The third-order valence-electron chi connectivity index (χ3n) is 4.26. The minimum atomic E-state index is -0.00541. The molecular weight excluding hydrogens is 252 g/mol. The third-order valence-corrected chi connectivity index (χ3v) is 4.26. The van der Waals surface area contributed by atoms with E-state index in [2.05, 4.69) is 29.7 Å². The van der Waals surface area contributed by atoms with Crippen LogP contribution in [0.4, 0.5) is 11.4 Å². The fourth-order valence-corrected chi connectivity index (χ4v) is 3.14. The van der Waals surface area contributed by atoms with Crippen LogP contribution in [0.3, 0.4) is 0 Å². The largest absolute Gasteiger partial charge is 0.385 e. The fraction of sp³-hybridized carbons (Fsp3) is 0.562. The lowest BCUT2D eigenvalue weighted by Crippen LogP contribution is -2.29. The molecule has 0 aliphatic carbocycles. The Hall–Kier alpha value is -1.55. The molecule has 1 amide bonds. The van der Waals surface area contributed by atoms with E-state index >= 15 is 0 Å². The van der Waals surface area contributed by atoms with Crippen LogP contribution in [0.15, 0.2) is 18.2 Å². The normalized spacial score (nSPS) is 24.9. The maximum Gasteiger partial charge on any atom is 0.230 e. The summed E-state index contributed by atoms with van der Waals surface area (Å²) in [5, 5.41) is 6.43. The monoisotopic (exact) mass is 274 g/mol. The number of fused-ring (bicyclic) bond motifs is 1. The van der Waals surface area contributed by atoms with Crippen molar-refractivity contribution in [1.29, 1.82) is 0 Å². The highest BCUT2D eigenvalue weighted by Crippen LogP contribution is 2.28. The first-order valence-electron chi connectivity index (χ1n) is 7.57. The van der Waals surface area contributed by atoms with Crippen LogP contribution in [0.1, 0.15) is 31.7 Å². The second kappa shape index (κ2) is 5.83. The summed E-state index contributed by atoms with van der Waals surface area (Å²) in [6, 6.07) is 6.13. The van der Waals surface area contributed by atoms with Crippen LogP contribution in [0, 0.1) is 5.92 Å². The third kappa shape index (κ3) is 2.66. The Bertz CT molecular complexity index is 501. The molecule has 2 aliphatic heterocycles. The van der Waals surface area contributed by atoms with Crippen molar-refractivity contribution < 1.29 is 9.53 Å². The number of nitrogens with one attached hydrogen (secondary N) is 2. The number of carbonyl (C=O) groups is 1. The molecule has 20 heavy (non-hydrogen) atoms. The molecule has 0 bridgehead atoms. The minimum absolute atomic E-state index is 0.00541. The molecule has 108 valence electrons. The quantitative estimate of drug-likeness (QED) is 0.891. The van der Waals surface area contributed by atoms with Crippen molar-refractivity contribution in [2.75, 3.05) is 23.8 Å². The van der Waals surface area contributed by atoms with Crippen molar-refractivity contribution in [1.82, 2.24) is 0 Å². The van der Waals surface area contributed by atoms with Gasteiger partial charge >= 0.3 is 0 Å². The molecule has 4 nitrogen and oxygen atoms in total. The van der Waals surface area contributed by atoms with Crippen molar-refractivity contribution in [3.63, 3.8) is 0 Å². The van der Waals surface area contributed by atoms with Gasteiger partial charge in [-0.15, -0.1) is 0 Å². The Morgan fingerprint density at radius 3 is 3.25 bits per heavy atom. The van der Waals surface area contributed by atoms with Crippen molar-refractivity contribution in [2.45, 2.75) is 38.7 Å². The highest BCUT2D eigenvalue weighted by molar-refractivity contribution is 5.93. The Labute approximate surface area is 119 Å². The van der Waals surface area contributed by atoms with Crippen molar-refractivity contribution >= 4 is 17.3 Å². The van der Waals surface area contributed by atoms with Gasteiger partial charge in [0.15, 0.2) is 0 Å². The topological polar surface area (TPSA) is 50.4 Å². The maximum atomic E-state index is 12.3. The number of anilines is 2. The lowest BCUT2D eigenvalue weighted by molar-refractivity contribution is -0.121. The smallest absolute Gasteiger partial charge is 0.230 e. The zero-order chi connectivity index (χ0) is 13.9. The van der Waals surface area contributed by atoms with Gasteiger partial charge in [-0.05, 0) is 49.4 Å². The van der Waals surface area contributed by atoms with Crippen molar-refractivity contribution in [3.8, 4) is 0 Å². The number of carbonyl (C=O) groups excluding carboxylic acids is 1. The van der Waals surface area contributed by atoms with E-state index in [1.165, 1.54) is 11.3 Å². The van der Waals surface area contributed by atoms with Crippen LogP contribution in [-0.4, -0.2) is 25.2 Å². The molecule has 4 heteroatoms. The second-order valence-electron chi connectivity index (χ2n) is 5.60. The predicted octanol–water partition coefficient (Wildman–Crippen LogP) is 2.80. The first kappa shape index (κ1) is 13.4. The Morgan fingerprint density at radius 1 is 1.50 bits per heavy atom. The Morgan fingerprint density at radius 2 is 2.40 bits per heavy atom. The van der Waals surface area contributed by atoms with Gasteiger partial charge in [-0.1, -0.05) is 6.92 Å². The SMILES string of the molecule is CCC1OCCC1C(=O)Nc1ccc2c(c1)CCCN2. The maximum absolute atomic E-state index is 12.3. The summed E-state index contributed by atoms with van der Waals surface area (Å²) < 4.78 is 5.59. The molecular formula is C16H22N2O2. The van der Waals surface area contributed by atoms with E-state index in [-0.39, 0.29) is 17.9 Å². The molecule has 1 saturated heterocycles. The van der Waals surface area contributed by atoms with E-state index in [0.717, 1.165) is 37.9 Å². The lowest BCUT2D eigenvalue weighted by atomic mass is 9.98. The Kier molecular flexibility index (Phi) is 3.92. The van der Waals surface area contributed by atoms with Crippen LogP contribution < -0.4 is 10.6 Å². The average Bonchev–Trinajstić information content (AvgIpc) is 2.95. The molecule has 0 spiro atoms. The molecule has 3 rings (SSSR count). The first-order chi connectivity index (χ1) is 9.78. The van der Waals surface area contributed by atoms with Crippen LogP contribution in [0.2, 0.25) is 0 Å². The Balaban J connectivity index is 1.69. The molecule has 1 aromatic carbocycles. The van der Waals surface area contributed by atoms with Crippen LogP contribution in [-0.2, 0) is 16.0 Å². The highest BCUT2D eigenvalue weighted by Gasteiger charge is 2.32. The zero-order valence-corrected chi connectivity index (χ0v) is 11.9. The van der Waals surface area contributed by atoms with E-state index in [1.54, 1.807) is 0 Å². The van der Waals surface area contributed by atoms with E-state index < -0.39 is 0 Å². The number of benzene rings is 1. The van der Waals surface area contributed by atoms with Crippen LogP contribution >= 0.6 is 0 Å². The number of rotatable bonds is 3. The summed E-state index contributed by atoms with van der Waals surface area (Å²) in [5.41, 5.74) is 3.40. The zero-order valence-electron chi connectivity index (χ0n) is 11.9. The molecule has 1 aromatic rings. The van der Waals surface area contributed by atoms with E-state index in [9.17, 15) is 4.79 Å². The average molecular weight is 274 g/mol. The molecule has 2 aliphatic rings. The van der Waals surface area contributed by atoms with E-state index in [1.807, 2.05) is 6.07 Å². The number of amides is 1. The summed E-state index contributed by atoms with van der Waals surface area (Å²) in [6.45, 7) is 3.81. The van der Waals surface area contributed by atoms with E-state index in [4.69, 9.17) is 4.74 Å². The molecule has 2 N–H and O–H groups in total. The standard InChI is InChI=1S/C16H22N2O2/c1-2-15-13(7-9-20-15)16(19)18-12-5-6-14-11(10-12)4-3-8-17-14/h5-6,10,13,15,17H,2-4,7-9H2,1H3,(H,18,19). The molecule has 2 heterocycles. The molecule has 2 unspecified atom stereocenters. The van der Waals surface area contributed by atoms with E-state index in [0.29, 0.717) is 6.61 Å². The van der Waals surface area contributed by atoms with Crippen molar-refractivity contribution in [3.05, 3.63) is 23.8 Å². The summed E-state index contributed by atoms with van der Waals surface area (Å²) >= 11 is 0. The minimum Gasteiger partial charge on any atom is -0.385 e. The number of ether oxygens (including phenoxy) is 1. The molecule has 0 aromatic heterocycles. The second-order valence-corrected chi connectivity index (χ2v) is 5.60. The van der Waals surface area contributed by atoms with Gasteiger partial charge < -0.3 is 15.4 Å². The van der Waals surface area contributed by atoms with Gasteiger partial charge in [-0.25, -0.2) is 0 Å². The van der Waals surface area contributed by atoms with Crippen LogP contribution in [0.25, 0.3) is 0 Å². The number of hydrogen-bond donors (Lipinski definition) is 2. The van der Waals surface area contributed by atoms with Gasteiger partial charge in [0.1, 0.15) is 0 Å².